The molecule has 0 aliphatic carbocycles. The van der Waals surface area contributed by atoms with Gasteiger partial charge in [-0.25, -0.2) is 0 Å². The van der Waals surface area contributed by atoms with Gasteiger partial charge >= 0.3 is 6.01 Å². The third kappa shape index (κ3) is 4.22. The number of piperazine rings is 1. The quantitative estimate of drug-likeness (QED) is 0.905. The van der Waals surface area contributed by atoms with E-state index in [0.717, 1.165) is 38.3 Å². The molecule has 1 fully saturated rings. The Morgan fingerprint density at radius 1 is 1.30 bits per heavy atom. The van der Waals surface area contributed by atoms with Crippen molar-refractivity contribution in [3.63, 3.8) is 0 Å². The van der Waals surface area contributed by atoms with Gasteiger partial charge in [0.05, 0.1) is 0 Å². The van der Waals surface area contributed by atoms with Gasteiger partial charge in [0, 0.05) is 49.4 Å². The van der Waals surface area contributed by atoms with Crippen molar-refractivity contribution in [1.29, 1.82) is 0 Å². The number of nitrogens with zero attached hydrogens (tertiary/aromatic N) is 4. The molecule has 0 amide bonds. The predicted molar refractivity (Wildman–Crippen MR) is 91.8 cm³/mol. The van der Waals surface area contributed by atoms with Gasteiger partial charge in [0.25, 0.3) is 0 Å². The largest absolute Gasteiger partial charge is 0.336 e. The van der Waals surface area contributed by atoms with E-state index in [-0.39, 0.29) is 0 Å². The minimum atomic E-state index is 0.421. The molecule has 0 saturated carbocycles. The molecular formula is C16H22ClN5O. The third-order valence-corrected chi connectivity index (χ3v) is 4.45. The van der Waals surface area contributed by atoms with Crippen LogP contribution in [0, 0.1) is 0 Å². The standard InChI is InChI=1S/C16H22ClN5O/c1-12(22-8-6-21(2)7-9-22)11-18-16-19-15(20-23-16)13-4-3-5-14(17)10-13/h3-5,10,12H,6-9,11H2,1-2H3,(H,18,19,20). The van der Waals surface area contributed by atoms with Crippen LogP contribution in [0.1, 0.15) is 6.92 Å². The maximum atomic E-state index is 5.99. The molecular weight excluding hydrogens is 314 g/mol. The number of hydrogen-bond acceptors (Lipinski definition) is 6. The van der Waals surface area contributed by atoms with E-state index in [1.807, 2.05) is 24.3 Å². The molecule has 2 aromatic rings. The Bertz CT molecular complexity index is 639. The van der Waals surface area contributed by atoms with Crippen molar-refractivity contribution in [2.24, 2.45) is 0 Å². The molecule has 1 saturated heterocycles. The molecule has 2 heterocycles. The average Bonchev–Trinajstić information content (AvgIpc) is 3.02. The van der Waals surface area contributed by atoms with E-state index >= 15 is 0 Å². The number of nitrogens with one attached hydrogen (secondary N) is 1. The molecule has 1 unspecified atom stereocenters. The molecule has 124 valence electrons. The summed E-state index contributed by atoms with van der Waals surface area (Å²) in [5, 5.41) is 7.89. The second kappa shape index (κ2) is 7.29. The fraction of sp³-hybridized carbons (Fsp3) is 0.500. The van der Waals surface area contributed by atoms with E-state index in [9.17, 15) is 0 Å². The van der Waals surface area contributed by atoms with Crippen LogP contribution in [-0.4, -0.2) is 65.8 Å². The minimum absolute atomic E-state index is 0.421. The van der Waals surface area contributed by atoms with Crippen molar-refractivity contribution >= 4 is 17.6 Å². The highest BCUT2D eigenvalue weighted by Gasteiger charge is 2.19. The maximum absolute atomic E-state index is 5.99. The summed E-state index contributed by atoms with van der Waals surface area (Å²) >= 11 is 5.99. The van der Waals surface area contributed by atoms with Crippen molar-refractivity contribution in [2.75, 3.05) is 45.1 Å². The number of rotatable bonds is 5. The fourth-order valence-electron chi connectivity index (χ4n) is 2.67. The highest BCUT2D eigenvalue weighted by atomic mass is 35.5. The Kier molecular flexibility index (Phi) is 5.15. The van der Waals surface area contributed by atoms with E-state index in [0.29, 0.717) is 22.9 Å². The van der Waals surface area contributed by atoms with Gasteiger partial charge in [-0.3, -0.25) is 4.90 Å². The number of likely N-dealkylation sites (N-methyl/N-ethyl adjacent to an activating group) is 1. The topological polar surface area (TPSA) is 57.4 Å². The van der Waals surface area contributed by atoms with Crippen LogP contribution in [0.25, 0.3) is 11.4 Å². The zero-order valence-electron chi connectivity index (χ0n) is 13.5. The van der Waals surface area contributed by atoms with Crippen molar-refractivity contribution in [3.05, 3.63) is 29.3 Å². The molecule has 1 aliphatic heterocycles. The first-order valence-corrected chi connectivity index (χ1v) is 8.26. The molecule has 0 spiro atoms. The number of anilines is 1. The summed E-state index contributed by atoms with van der Waals surface area (Å²) in [6.45, 7) is 7.41. The second-order valence-corrected chi connectivity index (χ2v) is 6.44. The summed E-state index contributed by atoms with van der Waals surface area (Å²) in [4.78, 5) is 9.20. The minimum Gasteiger partial charge on any atom is -0.336 e. The molecule has 1 aromatic carbocycles. The number of benzene rings is 1. The second-order valence-electron chi connectivity index (χ2n) is 6.00. The Morgan fingerprint density at radius 2 is 2.09 bits per heavy atom. The predicted octanol–water partition coefficient (Wildman–Crippen LogP) is 2.44. The number of halogens is 1. The van der Waals surface area contributed by atoms with E-state index < -0.39 is 0 Å². The molecule has 1 atom stereocenters. The normalized spacial score (nSPS) is 18.0. The number of aromatic nitrogens is 2. The molecule has 7 heteroatoms. The molecule has 1 aromatic heterocycles. The van der Waals surface area contributed by atoms with Gasteiger partial charge in [0.1, 0.15) is 0 Å². The van der Waals surface area contributed by atoms with Crippen molar-refractivity contribution in [3.8, 4) is 11.4 Å². The van der Waals surface area contributed by atoms with Crippen LogP contribution in [0.15, 0.2) is 28.8 Å². The van der Waals surface area contributed by atoms with Gasteiger partial charge < -0.3 is 14.7 Å². The van der Waals surface area contributed by atoms with Crippen LogP contribution in [-0.2, 0) is 0 Å². The number of hydrogen-bond donors (Lipinski definition) is 1. The lowest BCUT2D eigenvalue weighted by molar-refractivity contribution is 0.123. The first-order chi connectivity index (χ1) is 11.1. The molecule has 3 rings (SSSR count). The first-order valence-electron chi connectivity index (χ1n) is 7.88. The molecule has 1 N–H and O–H groups in total. The zero-order valence-corrected chi connectivity index (χ0v) is 14.3. The third-order valence-electron chi connectivity index (χ3n) is 4.22. The lowest BCUT2D eigenvalue weighted by Crippen LogP contribution is -2.49. The van der Waals surface area contributed by atoms with E-state index in [2.05, 4.69) is 39.2 Å². The van der Waals surface area contributed by atoms with Gasteiger partial charge in [0.2, 0.25) is 5.82 Å². The van der Waals surface area contributed by atoms with Crippen molar-refractivity contribution < 1.29 is 4.52 Å². The lowest BCUT2D eigenvalue weighted by atomic mass is 10.2. The average molecular weight is 336 g/mol. The first kappa shape index (κ1) is 16.2. The Labute approximate surface area is 141 Å². The van der Waals surface area contributed by atoms with Crippen LogP contribution >= 0.6 is 11.6 Å². The lowest BCUT2D eigenvalue weighted by Gasteiger charge is -2.36. The highest BCUT2D eigenvalue weighted by molar-refractivity contribution is 6.30. The summed E-state index contributed by atoms with van der Waals surface area (Å²) in [5.74, 6) is 0.544. The van der Waals surface area contributed by atoms with Gasteiger partial charge in [0.15, 0.2) is 0 Å². The Morgan fingerprint density at radius 3 is 2.83 bits per heavy atom. The summed E-state index contributed by atoms with van der Waals surface area (Å²) < 4.78 is 5.27. The van der Waals surface area contributed by atoms with E-state index in [1.54, 1.807) is 0 Å². The van der Waals surface area contributed by atoms with Crippen LogP contribution in [0.2, 0.25) is 5.02 Å². The van der Waals surface area contributed by atoms with Crippen LogP contribution in [0.4, 0.5) is 6.01 Å². The Hall–Kier alpha value is -1.63. The Balaban J connectivity index is 1.55. The molecule has 1 aliphatic rings. The molecule has 23 heavy (non-hydrogen) atoms. The monoisotopic (exact) mass is 335 g/mol. The summed E-state index contributed by atoms with van der Waals surface area (Å²) in [7, 11) is 2.16. The SMILES string of the molecule is CC(CNc1nc(-c2cccc(Cl)c2)no1)N1CCN(C)CC1. The van der Waals surface area contributed by atoms with Crippen LogP contribution in [0.5, 0.6) is 0 Å². The van der Waals surface area contributed by atoms with E-state index in [4.69, 9.17) is 16.1 Å². The zero-order chi connectivity index (χ0) is 16.2. The van der Waals surface area contributed by atoms with Gasteiger partial charge in [-0.05, 0) is 26.1 Å². The summed E-state index contributed by atoms with van der Waals surface area (Å²) in [5.41, 5.74) is 0.849. The van der Waals surface area contributed by atoms with Crippen molar-refractivity contribution in [1.82, 2.24) is 19.9 Å². The highest BCUT2D eigenvalue weighted by Crippen LogP contribution is 2.21. The fourth-order valence-corrected chi connectivity index (χ4v) is 2.86. The van der Waals surface area contributed by atoms with Gasteiger partial charge in [-0.1, -0.05) is 28.9 Å². The smallest absolute Gasteiger partial charge is 0.321 e. The van der Waals surface area contributed by atoms with E-state index in [1.165, 1.54) is 0 Å². The molecule has 0 bridgehead atoms. The van der Waals surface area contributed by atoms with Crippen LogP contribution in [0.3, 0.4) is 0 Å². The van der Waals surface area contributed by atoms with Gasteiger partial charge in [-0.2, -0.15) is 4.98 Å². The van der Waals surface area contributed by atoms with Gasteiger partial charge in [-0.15, -0.1) is 0 Å². The molecule has 0 radical (unpaired) electrons. The van der Waals surface area contributed by atoms with Crippen molar-refractivity contribution in [2.45, 2.75) is 13.0 Å². The maximum Gasteiger partial charge on any atom is 0.321 e. The molecule has 6 nitrogen and oxygen atoms in total. The summed E-state index contributed by atoms with van der Waals surface area (Å²) in [6, 6.07) is 8.29. The summed E-state index contributed by atoms with van der Waals surface area (Å²) in [6.07, 6.45) is 0. The van der Waals surface area contributed by atoms with Crippen LogP contribution < -0.4 is 5.32 Å².